The van der Waals surface area contributed by atoms with E-state index in [4.69, 9.17) is 4.42 Å². The molecule has 0 unspecified atom stereocenters. The normalized spacial score (nSPS) is 10.4. The summed E-state index contributed by atoms with van der Waals surface area (Å²) in [4.78, 5) is 39.7. The van der Waals surface area contributed by atoms with Crippen LogP contribution in [0, 0.1) is 0 Å². The first-order chi connectivity index (χ1) is 12.0. The topological polar surface area (TPSA) is 94.2 Å². The van der Waals surface area contributed by atoms with Gasteiger partial charge in [-0.15, -0.1) is 0 Å². The molecule has 0 saturated heterocycles. The van der Waals surface area contributed by atoms with Gasteiger partial charge >= 0.3 is 0 Å². The quantitative estimate of drug-likeness (QED) is 0.721. The number of Topliss-reactive ketones (excluding diaryl/α,β-unsaturated/α-hetero) is 1. The third kappa shape index (κ3) is 3.89. The van der Waals surface area contributed by atoms with Crippen LogP contribution in [-0.4, -0.2) is 21.2 Å². The molecule has 126 valence electrons. The fraction of sp³-hybridized carbons (Fsp3) is 0.111. The number of benzene rings is 1. The number of amides is 1. The van der Waals surface area contributed by atoms with Crippen LogP contribution >= 0.6 is 0 Å². The molecule has 25 heavy (non-hydrogen) atoms. The Morgan fingerprint density at radius 2 is 2.04 bits per heavy atom. The van der Waals surface area contributed by atoms with Crippen molar-refractivity contribution in [2.24, 2.45) is 0 Å². The van der Waals surface area contributed by atoms with E-state index in [1.54, 1.807) is 36.4 Å². The van der Waals surface area contributed by atoms with Gasteiger partial charge in [0.05, 0.1) is 12.6 Å². The van der Waals surface area contributed by atoms with E-state index in [1.165, 1.54) is 30.1 Å². The Kier molecular flexibility index (Phi) is 4.56. The Balaban J connectivity index is 1.72. The third-order valence-electron chi connectivity index (χ3n) is 3.52. The summed E-state index contributed by atoms with van der Waals surface area (Å²) < 4.78 is 6.38. The molecule has 0 bridgehead atoms. The Morgan fingerprint density at radius 1 is 1.20 bits per heavy atom. The number of furan rings is 1. The zero-order valence-corrected chi connectivity index (χ0v) is 13.4. The molecule has 0 radical (unpaired) electrons. The molecule has 0 aliphatic heterocycles. The van der Waals surface area contributed by atoms with Crippen LogP contribution in [0.4, 0.5) is 5.69 Å². The monoisotopic (exact) mass is 337 g/mol. The van der Waals surface area contributed by atoms with Crippen molar-refractivity contribution in [3.63, 3.8) is 0 Å². The number of rotatable bonds is 5. The minimum absolute atomic E-state index is 0.0926. The molecular formula is C18H15N3O4. The minimum Gasteiger partial charge on any atom is -0.463 e. The first kappa shape index (κ1) is 16.4. The lowest BCUT2D eigenvalue weighted by atomic mass is 10.1. The van der Waals surface area contributed by atoms with E-state index in [-0.39, 0.29) is 17.9 Å². The summed E-state index contributed by atoms with van der Waals surface area (Å²) in [5.74, 6) is -0.00451. The van der Waals surface area contributed by atoms with Gasteiger partial charge in [-0.1, -0.05) is 12.1 Å². The maximum absolute atomic E-state index is 12.1. The van der Waals surface area contributed by atoms with Crippen LogP contribution < -0.4 is 10.9 Å². The summed E-state index contributed by atoms with van der Waals surface area (Å²) in [6.45, 7) is 1.27. The maximum Gasteiger partial charge on any atom is 0.254 e. The summed E-state index contributed by atoms with van der Waals surface area (Å²) in [6, 6.07) is 11.3. The van der Waals surface area contributed by atoms with Crippen LogP contribution in [0.15, 0.2) is 64.3 Å². The summed E-state index contributed by atoms with van der Waals surface area (Å²) in [7, 11) is 0. The van der Waals surface area contributed by atoms with Crippen LogP contribution in [0.1, 0.15) is 17.3 Å². The van der Waals surface area contributed by atoms with Crippen molar-refractivity contribution in [1.82, 2.24) is 9.55 Å². The Morgan fingerprint density at radius 3 is 2.72 bits per heavy atom. The number of carbonyl (C=O) groups excluding carboxylic acids is 2. The zero-order valence-electron chi connectivity index (χ0n) is 13.4. The molecule has 0 fully saturated rings. The van der Waals surface area contributed by atoms with Crippen molar-refractivity contribution in [3.05, 3.63) is 71.0 Å². The second-order valence-corrected chi connectivity index (χ2v) is 5.40. The molecule has 0 aliphatic carbocycles. The van der Waals surface area contributed by atoms with Gasteiger partial charge < -0.3 is 9.73 Å². The zero-order chi connectivity index (χ0) is 17.8. The largest absolute Gasteiger partial charge is 0.463 e. The average molecular weight is 337 g/mol. The van der Waals surface area contributed by atoms with Crippen molar-refractivity contribution in [2.45, 2.75) is 13.5 Å². The van der Waals surface area contributed by atoms with Crippen molar-refractivity contribution in [3.8, 4) is 11.5 Å². The highest BCUT2D eigenvalue weighted by atomic mass is 16.3. The van der Waals surface area contributed by atoms with Crippen LogP contribution in [0.3, 0.4) is 0 Å². The molecule has 2 aromatic heterocycles. The van der Waals surface area contributed by atoms with Gasteiger partial charge in [0.2, 0.25) is 5.91 Å². The van der Waals surface area contributed by atoms with Gasteiger partial charge in [0.15, 0.2) is 11.5 Å². The van der Waals surface area contributed by atoms with Gasteiger partial charge in [-0.05, 0) is 31.2 Å². The lowest BCUT2D eigenvalue weighted by Gasteiger charge is -2.08. The second kappa shape index (κ2) is 6.96. The number of aromatic nitrogens is 2. The van der Waals surface area contributed by atoms with E-state index in [2.05, 4.69) is 10.3 Å². The molecule has 1 amide bonds. The number of nitrogens with zero attached hydrogens (tertiary/aromatic N) is 2. The Hall–Kier alpha value is -3.48. The maximum atomic E-state index is 12.1. The second-order valence-electron chi connectivity index (χ2n) is 5.40. The minimum atomic E-state index is -0.393. The fourth-order valence-electron chi connectivity index (χ4n) is 2.27. The van der Waals surface area contributed by atoms with Gasteiger partial charge in [-0.3, -0.25) is 19.0 Å². The predicted octanol–water partition coefficient (Wildman–Crippen LogP) is 2.34. The number of hydrogen-bond acceptors (Lipinski definition) is 5. The highest BCUT2D eigenvalue weighted by molar-refractivity contribution is 5.97. The fourth-order valence-corrected chi connectivity index (χ4v) is 2.27. The van der Waals surface area contributed by atoms with Crippen molar-refractivity contribution in [1.29, 1.82) is 0 Å². The molecule has 3 rings (SSSR count). The molecule has 1 N–H and O–H groups in total. The summed E-state index contributed by atoms with van der Waals surface area (Å²) >= 11 is 0. The highest BCUT2D eigenvalue weighted by Gasteiger charge is 2.09. The summed E-state index contributed by atoms with van der Waals surface area (Å²) in [5.41, 5.74) is 1.03. The predicted molar refractivity (Wildman–Crippen MR) is 91.3 cm³/mol. The molecule has 7 nitrogen and oxygen atoms in total. The van der Waals surface area contributed by atoms with Crippen molar-refractivity contribution in [2.75, 3.05) is 5.32 Å². The van der Waals surface area contributed by atoms with Gasteiger partial charge in [0, 0.05) is 17.3 Å². The van der Waals surface area contributed by atoms with Crippen LogP contribution in [-0.2, 0) is 11.3 Å². The summed E-state index contributed by atoms with van der Waals surface area (Å²) in [6.07, 6.45) is 2.79. The molecule has 7 heteroatoms. The first-order valence-electron chi connectivity index (χ1n) is 7.54. The molecule has 0 atom stereocenters. The Bertz CT molecular complexity index is 974. The standard InChI is InChI=1S/C18H15N3O4/c1-12(22)13-4-2-5-14(8-13)20-17(23)10-21-11-19-15(9-18(21)24)16-6-3-7-25-16/h2-9,11H,10H2,1H3,(H,20,23). The van der Waals surface area contributed by atoms with Gasteiger partial charge in [-0.2, -0.15) is 0 Å². The third-order valence-corrected chi connectivity index (χ3v) is 3.52. The smallest absolute Gasteiger partial charge is 0.254 e. The molecule has 0 saturated carbocycles. The van der Waals surface area contributed by atoms with Crippen molar-refractivity contribution < 1.29 is 14.0 Å². The lowest BCUT2D eigenvalue weighted by molar-refractivity contribution is -0.116. The number of nitrogens with one attached hydrogen (secondary N) is 1. The number of anilines is 1. The van der Waals surface area contributed by atoms with E-state index in [0.29, 0.717) is 22.7 Å². The van der Waals surface area contributed by atoms with Gasteiger partial charge in [0.25, 0.3) is 5.56 Å². The highest BCUT2D eigenvalue weighted by Crippen LogP contribution is 2.14. The lowest BCUT2D eigenvalue weighted by Crippen LogP contribution is -2.27. The molecule has 0 spiro atoms. The van der Waals surface area contributed by atoms with Crippen LogP contribution in [0.25, 0.3) is 11.5 Å². The van der Waals surface area contributed by atoms with Gasteiger partial charge in [-0.25, -0.2) is 4.98 Å². The molecular weight excluding hydrogens is 322 g/mol. The SMILES string of the molecule is CC(=O)c1cccc(NC(=O)Cn2cnc(-c3ccco3)cc2=O)c1. The Labute approximate surface area is 142 Å². The average Bonchev–Trinajstić information content (AvgIpc) is 3.11. The van der Waals surface area contributed by atoms with E-state index >= 15 is 0 Å². The first-order valence-corrected chi connectivity index (χ1v) is 7.54. The number of ketones is 1. The van der Waals surface area contributed by atoms with E-state index in [1.807, 2.05) is 0 Å². The molecule has 3 aromatic rings. The van der Waals surface area contributed by atoms with E-state index < -0.39 is 5.91 Å². The molecule has 2 heterocycles. The van der Waals surface area contributed by atoms with Crippen LogP contribution in [0.2, 0.25) is 0 Å². The number of hydrogen-bond donors (Lipinski definition) is 1. The molecule has 1 aromatic carbocycles. The van der Waals surface area contributed by atoms with E-state index in [9.17, 15) is 14.4 Å². The van der Waals surface area contributed by atoms with Gasteiger partial charge in [0.1, 0.15) is 12.2 Å². The van der Waals surface area contributed by atoms with Crippen molar-refractivity contribution >= 4 is 17.4 Å². The summed E-state index contributed by atoms with van der Waals surface area (Å²) in [5, 5.41) is 2.66. The van der Waals surface area contributed by atoms with E-state index in [0.717, 1.165) is 0 Å². The molecule has 0 aliphatic rings. The number of carbonyl (C=O) groups is 2. The van der Waals surface area contributed by atoms with Crippen LogP contribution in [0.5, 0.6) is 0 Å².